The van der Waals surface area contributed by atoms with Crippen LogP contribution in [0.4, 0.5) is 10.2 Å². The summed E-state index contributed by atoms with van der Waals surface area (Å²) in [7, 11) is 0. The molecule has 0 aromatic carbocycles. The Kier molecular flexibility index (Phi) is 4.34. The van der Waals surface area contributed by atoms with E-state index in [0.29, 0.717) is 0 Å². The lowest BCUT2D eigenvalue weighted by atomic mass is 9.88. The number of rotatable bonds is 5. The number of hydrogen-bond acceptors (Lipinski definition) is 7. The van der Waals surface area contributed by atoms with Crippen LogP contribution in [-0.4, -0.2) is 59.4 Å². The summed E-state index contributed by atoms with van der Waals surface area (Å²) in [5.74, 6) is -0.697. The van der Waals surface area contributed by atoms with Gasteiger partial charge in [0.25, 0.3) is 0 Å². The lowest BCUT2D eigenvalue weighted by Gasteiger charge is -2.37. The first kappa shape index (κ1) is 16.6. The molecular formula is C13H19FN4O4. The van der Waals surface area contributed by atoms with Gasteiger partial charge in [-0.2, -0.15) is 0 Å². The van der Waals surface area contributed by atoms with Crippen molar-refractivity contribution in [1.29, 1.82) is 0 Å². The van der Waals surface area contributed by atoms with Crippen molar-refractivity contribution in [3.05, 3.63) is 18.3 Å². The summed E-state index contributed by atoms with van der Waals surface area (Å²) in [6.07, 6.45) is -0.933. The van der Waals surface area contributed by atoms with Crippen molar-refractivity contribution >= 4 is 16.9 Å². The minimum atomic E-state index is -1.86. The summed E-state index contributed by atoms with van der Waals surface area (Å²) in [6, 6.07) is -0.870. The highest BCUT2D eigenvalue weighted by Gasteiger charge is 2.41. The van der Waals surface area contributed by atoms with Crippen LogP contribution < -0.4 is 5.73 Å². The number of fused-ring (bicyclic) bond motifs is 1. The van der Waals surface area contributed by atoms with Crippen LogP contribution in [0.2, 0.25) is 0 Å². The number of aliphatic hydroxyl groups is 4. The fraction of sp³-hybridized carbons (Fsp3) is 0.538. The van der Waals surface area contributed by atoms with Crippen LogP contribution in [-0.2, 0) is 0 Å². The highest BCUT2D eigenvalue weighted by atomic mass is 19.1. The number of nitrogen functional groups attached to an aromatic ring is 1. The molecule has 122 valence electrons. The standard InChI is InChI=1S/C13H19FN4O4/c1-6(13(2,22)10(21)8(20)4-19)18-3-7(14)9-11(15)16-5-17-12(9)18/h3,5-6,8,10,19-22H,4H2,1-2H3,(H2,15,16,17)/t6-,8-,10?,13?/m1/s1. The molecule has 0 spiro atoms. The molecule has 0 aliphatic rings. The lowest BCUT2D eigenvalue weighted by molar-refractivity contribution is -0.144. The number of aliphatic hydroxyl groups excluding tert-OH is 3. The smallest absolute Gasteiger partial charge is 0.154 e. The van der Waals surface area contributed by atoms with E-state index < -0.39 is 36.3 Å². The van der Waals surface area contributed by atoms with Crippen molar-refractivity contribution in [3.8, 4) is 0 Å². The van der Waals surface area contributed by atoms with E-state index in [1.807, 2.05) is 0 Å². The lowest BCUT2D eigenvalue weighted by Crippen LogP contribution is -2.52. The van der Waals surface area contributed by atoms with Crippen molar-refractivity contribution < 1.29 is 24.8 Å². The van der Waals surface area contributed by atoms with Crippen LogP contribution in [0.5, 0.6) is 0 Å². The van der Waals surface area contributed by atoms with E-state index >= 15 is 0 Å². The summed E-state index contributed by atoms with van der Waals surface area (Å²) in [5, 5.41) is 38.9. The quantitative estimate of drug-likeness (QED) is 0.486. The number of aromatic nitrogens is 3. The molecule has 2 aromatic heterocycles. The summed E-state index contributed by atoms with van der Waals surface area (Å²) in [5.41, 5.74) is 3.91. The first-order valence-corrected chi connectivity index (χ1v) is 6.67. The van der Waals surface area contributed by atoms with Gasteiger partial charge in [0.1, 0.15) is 35.6 Å². The van der Waals surface area contributed by atoms with E-state index in [1.54, 1.807) is 0 Å². The van der Waals surface area contributed by atoms with Gasteiger partial charge in [-0.3, -0.25) is 0 Å². The Labute approximate surface area is 125 Å². The van der Waals surface area contributed by atoms with E-state index in [4.69, 9.17) is 10.8 Å². The second-order valence-electron chi connectivity index (χ2n) is 5.44. The highest BCUT2D eigenvalue weighted by Crippen LogP contribution is 2.32. The number of nitrogens with two attached hydrogens (primary N) is 1. The van der Waals surface area contributed by atoms with Gasteiger partial charge in [0.15, 0.2) is 5.82 Å². The van der Waals surface area contributed by atoms with Crippen molar-refractivity contribution in [2.45, 2.75) is 37.7 Å². The van der Waals surface area contributed by atoms with Crippen LogP contribution in [0, 0.1) is 5.82 Å². The van der Waals surface area contributed by atoms with Crippen LogP contribution in [0.3, 0.4) is 0 Å². The predicted octanol–water partition coefficient (Wildman–Crippen LogP) is -0.821. The number of halogens is 1. The van der Waals surface area contributed by atoms with E-state index in [1.165, 1.54) is 18.4 Å². The third-order valence-electron chi connectivity index (χ3n) is 4.01. The third kappa shape index (κ3) is 2.52. The molecule has 2 aromatic rings. The van der Waals surface area contributed by atoms with Gasteiger partial charge in [-0.15, -0.1) is 0 Å². The Bertz CT molecular complexity index is 675. The number of nitrogens with zero attached hydrogens (tertiary/aromatic N) is 3. The molecule has 0 aliphatic heterocycles. The molecule has 0 aliphatic carbocycles. The van der Waals surface area contributed by atoms with Gasteiger partial charge < -0.3 is 30.7 Å². The van der Waals surface area contributed by atoms with Gasteiger partial charge in [0.2, 0.25) is 0 Å². The summed E-state index contributed by atoms with van der Waals surface area (Å²) in [6.45, 7) is 2.07. The zero-order valence-electron chi connectivity index (χ0n) is 12.2. The topological polar surface area (TPSA) is 138 Å². The zero-order chi connectivity index (χ0) is 16.7. The van der Waals surface area contributed by atoms with Crippen molar-refractivity contribution in [1.82, 2.24) is 14.5 Å². The van der Waals surface area contributed by atoms with Crippen LogP contribution in [0.25, 0.3) is 11.0 Å². The highest BCUT2D eigenvalue weighted by molar-refractivity contribution is 5.86. The average Bonchev–Trinajstić information content (AvgIpc) is 2.83. The molecular weight excluding hydrogens is 295 g/mol. The van der Waals surface area contributed by atoms with Gasteiger partial charge in [-0.05, 0) is 13.8 Å². The van der Waals surface area contributed by atoms with Gasteiger partial charge in [0.05, 0.1) is 18.0 Å². The van der Waals surface area contributed by atoms with Gasteiger partial charge in [0, 0.05) is 6.20 Å². The molecule has 2 unspecified atom stereocenters. The van der Waals surface area contributed by atoms with E-state index in [2.05, 4.69) is 9.97 Å². The number of hydrogen-bond donors (Lipinski definition) is 5. The van der Waals surface area contributed by atoms with Gasteiger partial charge in [-0.25, -0.2) is 14.4 Å². The summed E-state index contributed by atoms with van der Waals surface area (Å²) in [4.78, 5) is 7.66. The Balaban J connectivity index is 2.50. The van der Waals surface area contributed by atoms with Crippen LogP contribution >= 0.6 is 0 Å². The second-order valence-corrected chi connectivity index (χ2v) is 5.44. The van der Waals surface area contributed by atoms with Crippen LogP contribution in [0.15, 0.2) is 12.5 Å². The molecule has 0 saturated heterocycles. The monoisotopic (exact) mass is 314 g/mol. The molecule has 0 fully saturated rings. The Hall–Kier alpha value is -1.81. The molecule has 2 heterocycles. The molecule has 2 rings (SSSR count). The first-order chi connectivity index (χ1) is 10.2. The Morgan fingerprint density at radius 1 is 1.41 bits per heavy atom. The Morgan fingerprint density at radius 3 is 2.64 bits per heavy atom. The van der Waals surface area contributed by atoms with Crippen LogP contribution in [0.1, 0.15) is 19.9 Å². The first-order valence-electron chi connectivity index (χ1n) is 6.67. The maximum atomic E-state index is 14.0. The predicted molar refractivity (Wildman–Crippen MR) is 76.3 cm³/mol. The zero-order valence-corrected chi connectivity index (χ0v) is 12.2. The summed E-state index contributed by atoms with van der Waals surface area (Å²) < 4.78 is 15.3. The van der Waals surface area contributed by atoms with Crippen molar-refractivity contribution in [2.24, 2.45) is 0 Å². The minimum Gasteiger partial charge on any atom is -0.394 e. The molecule has 0 bridgehead atoms. The Morgan fingerprint density at radius 2 is 2.05 bits per heavy atom. The largest absolute Gasteiger partial charge is 0.394 e. The van der Waals surface area contributed by atoms with Crippen molar-refractivity contribution in [3.63, 3.8) is 0 Å². The molecule has 0 saturated carbocycles. The number of anilines is 1. The molecule has 4 atom stereocenters. The molecule has 8 nitrogen and oxygen atoms in total. The molecule has 0 amide bonds. The van der Waals surface area contributed by atoms with Gasteiger partial charge in [-0.1, -0.05) is 0 Å². The van der Waals surface area contributed by atoms with E-state index in [9.17, 15) is 19.7 Å². The molecule has 0 radical (unpaired) electrons. The summed E-state index contributed by atoms with van der Waals surface area (Å²) >= 11 is 0. The second kappa shape index (κ2) is 5.76. The van der Waals surface area contributed by atoms with Crippen molar-refractivity contribution in [2.75, 3.05) is 12.3 Å². The average molecular weight is 314 g/mol. The maximum absolute atomic E-state index is 14.0. The minimum absolute atomic E-state index is 0.0161. The molecule has 9 heteroatoms. The van der Waals surface area contributed by atoms with Gasteiger partial charge >= 0.3 is 0 Å². The van der Waals surface area contributed by atoms with E-state index in [0.717, 1.165) is 12.5 Å². The molecule has 6 N–H and O–H groups in total. The third-order valence-corrected chi connectivity index (χ3v) is 4.01. The fourth-order valence-electron chi connectivity index (χ4n) is 2.38. The maximum Gasteiger partial charge on any atom is 0.154 e. The fourth-order valence-corrected chi connectivity index (χ4v) is 2.38. The molecule has 22 heavy (non-hydrogen) atoms. The van der Waals surface area contributed by atoms with E-state index in [-0.39, 0.29) is 16.9 Å². The normalized spacial score (nSPS) is 18.9. The SMILES string of the molecule is C[C@@H](n1cc(F)c2c(N)ncnc21)C(C)(O)C(O)[C@H](O)CO.